The lowest BCUT2D eigenvalue weighted by atomic mass is 10.1. The first-order valence-electron chi connectivity index (χ1n) is 7.56. The fourth-order valence-corrected chi connectivity index (χ4v) is 4.32. The first-order valence-corrected chi connectivity index (χ1v) is 9.39. The summed E-state index contributed by atoms with van der Waals surface area (Å²) in [5.41, 5.74) is 1.35. The van der Waals surface area contributed by atoms with Gasteiger partial charge in [-0.25, -0.2) is 8.42 Å². The Hall–Kier alpha value is -2.41. The second kappa shape index (κ2) is 6.24. The van der Waals surface area contributed by atoms with E-state index in [1.54, 1.807) is 36.4 Å². The molecule has 6 nitrogen and oxygen atoms in total. The van der Waals surface area contributed by atoms with Gasteiger partial charge in [-0.05, 0) is 25.5 Å². The molecule has 0 radical (unpaired) electrons. The average Bonchev–Trinajstić information content (AvgIpc) is 3.14. The molecule has 126 valence electrons. The van der Waals surface area contributed by atoms with E-state index in [2.05, 4.69) is 5.32 Å². The van der Waals surface area contributed by atoms with Gasteiger partial charge in [0.2, 0.25) is 0 Å². The van der Waals surface area contributed by atoms with Crippen LogP contribution in [-0.2, 0) is 9.84 Å². The highest BCUT2D eigenvalue weighted by Crippen LogP contribution is 2.23. The van der Waals surface area contributed by atoms with E-state index in [4.69, 9.17) is 4.42 Å². The summed E-state index contributed by atoms with van der Waals surface area (Å²) in [4.78, 5) is 23.4. The summed E-state index contributed by atoms with van der Waals surface area (Å²) < 4.78 is 28.4. The van der Waals surface area contributed by atoms with Gasteiger partial charge >= 0.3 is 0 Å². The normalized spacial score (nSPS) is 19.1. The highest BCUT2D eigenvalue weighted by molar-refractivity contribution is 7.91. The third-order valence-electron chi connectivity index (χ3n) is 3.97. The van der Waals surface area contributed by atoms with Crippen molar-refractivity contribution in [3.05, 3.63) is 47.7 Å². The molecule has 1 aliphatic rings. The highest BCUT2D eigenvalue weighted by Gasteiger charge is 2.29. The molecular formula is C17H17NO5S. The number of amides is 1. The van der Waals surface area contributed by atoms with E-state index in [0.717, 1.165) is 5.56 Å². The van der Waals surface area contributed by atoms with Crippen LogP contribution in [0.5, 0.6) is 0 Å². The van der Waals surface area contributed by atoms with Gasteiger partial charge in [-0.1, -0.05) is 24.3 Å². The fraction of sp³-hybridized carbons (Fsp3) is 0.294. The Balaban J connectivity index is 1.71. The van der Waals surface area contributed by atoms with Crippen molar-refractivity contribution >= 4 is 21.5 Å². The zero-order chi connectivity index (χ0) is 17.3. The molecular weight excluding hydrogens is 330 g/mol. The number of ketones is 1. The lowest BCUT2D eigenvalue weighted by Gasteiger charge is -2.08. The molecule has 1 amide bonds. The van der Waals surface area contributed by atoms with Crippen LogP contribution in [0.3, 0.4) is 0 Å². The molecule has 1 fully saturated rings. The van der Waals surface area contributed by atoms with Crippen molar-refractivity contribution in [1.29, 1.82) is 0 Å². The zero-order valence-corrected chi connectivity index (χ0v) is 13.9. The molecule has 0 spiro atoms. The summed E-state index contributed by atoms with van der Waals surface area (Å²) >= 11 is 0. The van der Waals surface area contributed by atoms with Crippen molar-refractivity contribution in [3.8, 4) is 11.3 Å². The molecule has 1 aromatic carbocycles. The van der Waals surface area contributed by atoms with Gasteiger partial charge in [-0.2, -0.15) is 0 Å². The van der Waals surface area contributed by atoms with Gasteiger partial charge in [0.1, 0.15) is 5.76 Å². The maximum atomic E-state index is 12.2. The summed E-state index contributed by atoms with van der Waals surface area (Å²) in [5.74, 6) is 0.262. The van der Waals surface area contributed by atoms with Crippen LogP contribution in [0, 0.1) is 0 Å². The van der Waals surface area contributed by atoms with E-state index >= 15 is 0 Å². The smallest absolute Gasteiger partial charge is 0.287 e. The third kappa shape index (κ3) is 3.56. The second-order valence-electron chi connectivity index (χ2n) is 5.87. The molecule has 1 aromatic heterocycles. The number of sulfone groups is 1. The quantitative estimate of drug-likeness (QED) is 0.855. The summed E-state index contributed by atoms with van der Waals surface area (Å²) in [7, 11) is -3.05. The van der Waals surface area contributed by atoms with Crippen molar-refractivity contribution in [2.24, 2.45) is 0 Å². The van der Waals surface area contributed by atoms with Gasteiger partial charge < -0.3 is 9.73 Å². The van der Waals surface area contributed by atoms with Crippen LogP contribution in [0.2, 0.25) is 0 Å². The number of nitrogens with one attached hydrogen (secondary N) is 1. The van der Waals surface area contributed by atoms with Gasteiger partial charge in [0.25, 0.3) is 5.91 Å². The SMILES string of the molecule is CC(=O)c1ccc(-c2ccc(C(=O)N[C@H]3CCS(=O)(=O)C3)o2)cc1. The monoisotopic (exact) mass is 347 g/mol. The predicted octanol–water partition coefficient (Wildman–Crippen LogP) is 2.07. The molecule has 3 rings (SSSR count). The lowest BCUT2D eigenvalue weighted by molar-refractivity contribution is 0.0913. The number of hydrogen-bond donors (Lipinski definition) is 1. The maximum Gasteiger partial charge on any atom is 0.287 e. The number of carbonyl (C=O) groups is 2. The largest absolute Gasteiger partial charge is 0.451 e. The van der Waals surface area contributed by atoms with Crippen LogP contribution in [0.1, 0.15) is 34.3 Å². The Morgan fingerprint density at radius 3 is 2.42 bits per heavy atom. The van der Waals surface area contributed by atoms with Gasteiger partial charge in [0.15, 0.2) is 21.4 Å². The maximum absolute atomic E-state index is 12.2. The molecule has 1 saturated heterocycles. The Morgan fingerprint density at radius 1 is 1.12 bits per heavy atom. The van der Waals surface area contributed by atoms with E-state index in [-0.39, 0.29) is 29.1 Å². The lowest BCUT2D eigenvalue weighted by Crippen LogP contribution is -2.35. The van der Waals surface area contributed by atoms with Crippen LogP contribution >= 0.6 is 0 Å². The van der Waals surface area contributed by atoms with E-state index < -0.39 is 15.7 Å². The van der Waals surface area contributed by atoms with Crippen molar-refractivity contribution in [2.45, 2.75) is 19.4 Å². The second-order valence-corrected chi connectivity index (χ2v) is 8.10. The third-order valence-corrected chi connectivity index (χ3v) is 5.74. The minimum absolute atomic E-state index is 0.0208. The number of carbonyl (C=O) groups excluding carboxylic acids is 2. The first-order chi connectivity index (χ1) is 11.3. The summed E-state index contributed by atoms with van der Waals surface area (Å²) in [6.45, 7) is 1.49. The van der Waals surface area contributed by atoms with Crippen LogP contribution in [0.4, 0.5) is 0 Å². The Kier molecular flexibility index (Phi) is 4.28. The fourth-order valence-electron chi connectivity index (χ4n) is 2.65. The minimum Gasteiger partial charge on any atom is -0.451 e. The molecule has 0 bridgehead atoms. The van der Waals surface area contributed by atoms with Gasteiger partial charge in [0, 0.05) is 17.2 Å². The van der Waals surface area contributed by atoms with E-state index in [1.807, 2.05) is 0 Å². The van der Waals surface area contributed by atoms with Crippen LogP contribution in [0.15, 0.2) is 40.8 Å². The molecule has 1 atom stereocenters. The van der Waals surface area contributed by atoms with E-state index in [9.17, 15) is 18.0 Å². The van der Waals surface area contributed by atoms with Crippen molar-refractivity contribution in [1.82, 2.24) is 5.32 Å². The Morgan fingerprint density at radius 2 is 1.83 bits per heavy atom. The highest BCUT2D eigenvalue weighted by atomic mass is 32.2. The van der Waals surface area contributed by atoms with E-state index in [1.165, 1.54) is 6.92 Å². The topological polar surface area (TPSA) is 93.5 Å². The van der Waals surface area contributed by atoms with Crippen LogP contribution in [0.25, 0.3) is 11.3 Å². The summed E-state index contributed by atoms with van der Waals surface area (Å²) in [6, 6.07) is 9.75. The number of hydrogen-bond acceptors (Lipinski definition) is 5. The van der Waals surface area contributed by atoms with Crippen molar-refractivity contribution in [2.75, 3.05) is 11.5 Å². The molecule has 24 heavy (non-hydrogen) atoms. The summed E-state index contributed by atoms with van der Waals surface area (Å²) in [5, 5.41) is 2.68. The Labute approximate surface area is 139 Å². The molecule has 0 unspecified atom stereocenters. The van der Waals surface area contributed by atoms with Gasteiger partial charge in [-0.15, -0.1) is 0 Å². The molecule has 1 aliphatic heterocycles. The van der Waals surface area contributed by atoms with Gasteiger partial charge in [-0.3, -0.25) is 9.59 Å². The average molecular weight is 347 g/mol. The zero-order valence-electron chi connectivity index (χ0n) is 13.1. The summed E-state index contributed by atoms with van der Waals surface area (Å²) in [6.07, 6.45) is 0.425. The molecule has 2 heterocycles. The number of rotatable bonds is 4. The molecule has 7 heteroatoms. The number of furan rings is 1. The standard InChI is InChI=1S/C17H17NO5S/c1-11(19)12-2-4-13(5-3-12)15-6-7-16(23-15)17(20)18-14-8-9-24(21,22)10-14/h2-7,14H,8-10H2,1H3,(H,18,20)/t14-/m0/s1. The minimum atomic E-state index is -3.05. The molecule has 2 aromatic rings. The van der Waals surface area contributed by atoms with Crippen LogP contribution in [-0.4, -0.2) is 37.7 Å². The number of Topliss-reactive ketones (excluding diaryl/α,β-unsaturated/α-hetero) is 1. The predicted molar refractivity (Wildman–Crippen MR) is 88.7 cm³/mol. The first kappa shape index (κ1) is 16.4. The Bertz CT molecular complexity index is 880. The van der Waals surface area contributed by atoms with Crippen molar-refractivity contribution in [3.63, 3.8) is 0 Å². The molecule has 1 N–H and O–H groups in total. The molecule has 0 aliphatic carbocycles. The van der Waals surface area contributed by atoms with Crippen molar-refractivity contribution < 1.29 is 22.4 Å². The van der Waals surface area contributed by atoms with Gasteiger partial charge in [0.05, 0.1) is 11.5 Å². The van der Waals surface area contributed by atoms with Crippen LogP contribution < -0.4 is 5.32 Å². The van der Waals surface area contributed by atoms with E-state index in [0.29, 0.717) is 17.7 Å². The molecule has 0 saturated carbocycles. The number of benzene rings is 1.